The third-order valence-corrected chi connectivity index (χ3v) is 3.09. The molecule has 0 spiro atoms. The van der Waals surface area contributed by atoms with Gasteiger partial charge < -0.3 is 15.0 Å². The molecule has 0 aromatic heterocycles. The molecule has 0 saturated carbocycles. The highest BCUT2D eigenvalue weighted by Gasteiger charge is 1.95. The fraction of sp³-hybridized carbons (Fsp3) is 0.538. The van der Waals surface area contributed by atoms with Crippen molar-refractivity contribution in [2.75, 3.05) is 46.6 Å². The summed E-state index contributed by atoms with van der Waals surface area (Å²) in [4.78, 5) is 3.43. The second kappa shape index (κ2) is 8.39. The van der Waals surface area contributed by atoms with E-state index in [1.54, 1.807) is 11.8 Å². The second-order valence-corrected chi connectivity index (χ2v) is 4.96. The van der Waals surface area contributed by atoms with Crippen molar-refractivity contribution in [1.29, 1.82) is 0 Å². The van der Waals surface area contributed by atoms with Gasteiger partial charge in [0, 0.05) is 24.5 Å². The van der Waals surface area contributed by atoms with Gasteiger partial charge in [-0.3, -0.25) is 0 Å². The average molecular weight is 254 g/mol. The molecule has 0 saturated heterocycles. The first-order chi connectivity index (χ1) is 8.22. The summed E-state index contributed by atoms with van der Waals surface area (Å²) in [5.41, 5.74) is 0. The molecule has 0 aliphatic carbocycles. The zero-order chi connectivity index (χ0) is 12.5. The molecule has 1 N–H and O–H groups in total. The van der Waals surface area contributed by atoms with Crippen molar-refractivity contribution in [3.63, 3.8) is 0 Å². The normalized spacial score (nSPS) is 10.8. The van der Waals surface area contributed by atoms with Crippen LogP contribution in [0.1, 0.15) is 0 Å². The van der Waals surface area contributed by atoms with Crippen LogP contribution in [0.2, 0.25) is 0 Å². The summed E-state index contributed by atoms with van der Waals surface area (Å²) in [6, 6.07) is 8.20. The minimum Gasteiger partial charge on any atom is -0.492 e. The molecule has 0 aliphatic rings. The van der Waals surface area contributed by atoms with Crippen molar-refractivity contribution >= 4 is 11.8 Å². The third kappa shape index (κ3) is 6.56. The van der Waals surface area contributed by atoms with Gasteiger partial charge in [0.25, 0.3) is 0 Å². The van der Waals surface area contributed by atoms with Crippen molar-refractivity contribution < 1.29 is 4.74 Å². The Morgan fingerprint density at radius 2 is 1.88 bits per heavy atom. The molecule has 1 aromatic rings. The van der Waals surface area contributed by atoms with E-state index in [1.165, 1.54) is 4.90 Å². The average Bonchev–Trinajstić information content (AvgIpc) is 2.34. The lowest BCUT2D eigenvalue weighted by molar-refractivity contribution is 0.308. The molecule has 4 heteroatoms. The molecule has 0 aliphatic heterocycles. The number of hydrogen-bond donors (Lipinski definition) is 1. The van der Waals surface area contributed by atoms with Gasteiger partial charge in [0.2, 0.25) is 0 Å². The lowest BCUT2D eigenvalue weighted by atomic mass is 10.3. The van der Waals surface area contributed by atoms with Crippen LogP contribution in [0.5, 0.6) is 5.75 Å². The maximum absolute atomic E-state index is 5.63. The van der Waals surface area contributed by atoms with Gasteiger partial charge in [0.05, 0.1) is 0 Å². The van der Waals surface area contributed by atoms with Crippen LogP contribution in [-0.4, -0.2) is 51.5 Å². The Labute approximate surface area is 109 Å². The Hall–Kier alpha value is -0.710. The van der Waals surface area contributed by atoms with Crippen LogP contribution in [-0.2, 0) is 0 Å². The van der Waals surface area contributed by atoms with Crippen LogP contribution >= 0.6 is 11.8 Å². The van der Waals surface area contributed by atoms with Crippen LogP contribution < -0.4 is 10.1 Å². The van der Waals surface area contributed by atoms with E-state index < -0.39 is 0 Å². The van der Waals surface area contributed by atoms with Gasteiger partial charge in [-0.2, -0.15) is 0 Å². The Balaban J connectivity index is 2.09. The van der Waals surface area contributed by atoms with Crippen LogP contribution in [0.3, 0.4) is 0 Å². The minimum atomic E-state index is 0.714. The molecule has 1 rings (SSSR count). The Bertz CT molecular complexity index is 301. The van der Waals surface area contributed by atoms with E-state index in [9.17, 15) is 0 Å². The highest BCUT2D eigenvalue weighted by atomic mass is 32.2. The van der Waals surface area contributed by atoms with E-state index in [0.29, 0.717) is 6.61 Å². The van der Waals surface area contributed by atoms with Crippen molar-refractivity contribution in [3.8, 4) is 5.75 Å². The van der Waals surface area contributed by atoms with Crippen molar-refractivity contribution in [3.05, 3.63) is 24.3 Å². The topological polar surface area (TPSA) is 24.5 Å². The van der Waals surface area contributed by atoms with Gasteiger partial charge in [-0.15, -0.1) is 11.8 Å². The summed E-state index contributed by atoms with van der Waals surface area (Å²) in [5.74, 6) is 0.942. The molecule has 17 heavy (non-hydrogen) atoms. The van der Waals surface area contributed by atoms with E-state index in [-0.39, 0.29) is 0 Å². The summed E-state index contributed by atoms with van der Waals surface area (Å²) < 4.78 is 5.63. The Morgan fingerprint density at radius 3 is 2.47 bits per heavy atom. The highest BCUT2D eigenvalue weighted by Crippen LogP contribution is 2.18. The molecule has 3 nitrogen and oxygen atoms in total. The molecule has 0 heterocycles. The molecule has 1 aromatic carbocycles. The first-order valence-electron chi connectivity index (χ1n) is 5.84. The van der Waals surface area contributed by atoms with E-state index in [4.69, 9.17) is 4.74 Å². The Kier molecular flexibility index (Phi) is 7.08. The quantitative estimate of drug-likeness (QED) is 0.566. The molecule has 0 bridgehead atoms. The number of thioether (sulfide) groups is 1. The highest BCUT2D eigenvalue weighted by molar-refractivity contribution is 7.98. The van der Waals surface area contributed by atoms with E-state index >= 15 is 0 Å². The number of benzene rings is 1. The maximum Gasteiger partial charge on any atom is 0.119 e. The Morgan fingerprint density at radius 1 is 1.18 bits per heavy atom. The lowest BCUT2D eigenvalue weighted by Crippen LogP contribution is -2.29. The standard InChI is InChI=1S/C13H22N2OS/c1-15(2)10-8-14-9-11-16-12-4-6-13(17-3)7-5-12/h4-7,14H,8-11H2,1-3H3. The van der Waals surface area contributed by atoms with Crippen molar-refractivity contribution in [2.45, 2.75) is 4.90 Å². The first kappa shape index (κ1) is 14.4. The van der Waals surface area contributed by atoms with Gasteiger partial charge >= 0.3 is 0 Å². The molecule has 0 radical (unpaired) electrons. The molecule has 0 unspecified atom stereocenters. The van der Waals surface area contributed by atoms with Gasteiger partial charge in [0.15, 0.2) is 0 Å². The van der Waals surface area contributed by atoms with Gasteiger partial charge in [-0.25, -0.2) is 0 Å². The molecule has 0 amide bonds. The number of nitrogens with one attached hydrogen (secondary N) is 1. The minimum absolute atomic E-state index is 0.714. The third-order valence-electron chi connectivity index (χ3n) is 2.34. The van der Waals surface area contributed by atoms with Crippen LogP contribution in [0.4, 0.5) is 0 Å². The van der Waals surface area contributed by atoms with Crippen LogP contribution in [0.25, 0.3) is 0 Å². The van der Waals surface area contributed by atoms with E-state index in [1.807, 2.05) is 12.1 Å². The molecular formula is C13H22N2OS. The van der Waals surface area contributed by atoms with Crippen LogP contribution in [0.15, 0.2) is 29.2 Å². The zero-order valence-electron chi connectivity index (χ0n) is 10.9. The number of likely N-dealkylation sites (N-methyl/N-ethyl adjacent to an activating group) is 1. The number of ether oxygens (including phenoxy) is 1. The van der Waals surface area contributed by atoms with E-state index in [0.717, 1.165) is 25.4 Å². The fourth-order valence-electron chi connectivity index (χ4n) is 1.34. The molecule has 0 fully saturated rings. The monoisotopic (exact) mass is 254 g/mol. The largest absolute Gasteiger partial charge is 0.492 e. The first-order valence-corrected chi connectivity index (χ1v) is 7.07. The lowest BCUT2D eigenvalue weighted by Gasteiger charge is -2.11. The molecular weight excluding hydrogens is 232 g/mol. The number of nitrogens with zero attached hydrogens (tertiary/aromatic N) is 1. The number of rotatable bonds is 8. The van der Waals surface area contributed by atoms with Gasteiger partial charge in [-0.05, 0) is 44.6 Å². The summed E-state index contributed by atoms with van der Waals surface area (Å²) in [7, 11) is 4.15. The summed E-state index contributed by atoms with van der Waals surface area (Å²) in [6.07, 6.45) is 2.07. The smallest absolute Gasteiger partial charge is 0.119 e. The SMILES string of the molecule is CSc1ccc(OCCNCCN(C)C)cc1. The maximum atomic E-state index is 5.63. The molecule has 0 atom stereocenters. The fourth-order valence-corrected chi connectivity index (χ4v) is 1.75. The van der Waals surface area contributed by atoms with E-state index in [2.05, 4.69) is 42.7 Å². The van der Waals surface area contributed by atoms with Gasteiger partial charge in [0.1, 0.15) is 12.4 Å². The summed E-state index contributed by atoms with van der Waals surface area (Å²) in [5, 5.41) is 3.34. The predicted octanol–water partition coefficient (Wildman–Crippen LogP) is 1.94. The van der Waals surface area contributed by atoms with Crippen LogP contribution in [0, 0.1) is 0 Å². The molecule has 96 valence electrons. The number of hydrogen-bond acceptors (Lipinski definition) is 4. The van der Waals surface area contributed by atoms with Gasteiger partial charge in [-0.1, -0.05) is 0 Å². The van der Waals surface area contributed by atoms with Crippen molar-refractivity contribution in [2.24, 2.45) is 0 Å². The van der Waals surface area contributed by atoms with Crippen molar-refractivity contribution in [1.82, 2.24) is 10.2 Å². The second-order valence-electron chi connectivity index (χ2n) is 4.08. The zero-order valence-corrected chi connectivity index (χ0v) is 11.7. The predicted molar refractivity (Wildman–Crippen MR) is 75.1 cm³/mol. The summed E-state index contributed by atoms with van der Waals surface area (Å²) >= 11 is 1.74. The summed E-state index contributed by atoms with van der Waals surface area (Å²) in [6.45, 7) is 3.66.